The molecule has 0 radical (unpaired) electrons. The number of hydrogen-bond acceptors (Lipinski definition) is 5. The molecule has 1 rings (SSSR count). The molecule has 1 unspecified atom stereocenters. The smallest absolute Gasteiger partial charge is 0.250 e. The van der Waals surface area contributed by atoms with Crippen molar-refractivity contribution in [3.63, 3.8) is 0 Å². The first-order valence-corrected chi connectivity index (χ1v) is 7.92. The molecule has 1 atom stereocenters. The zero-order chi connectivity index (χ0) is 14.0. The fraction of sp³-hybridized carbons (Fsp3) is 0.600. The Morgan fingerprint density at radius 2 is 2.11 bits per heavy atom. The van der Waals surface area contributed by atoms with Crippen molar-refractivity contribution in [1.82, 2.24) is 9.62 Å². The lowest BCUT2D eigenvalue weighted by molar-refractivity contribution is 0.0386. The molecule has 1 aromatic heterocycles. The Kier molecular flexibility index (Phi) is 5.16. The first kappa shape index (κ1) is 15.9. The van der Waals surface area contributed by atoms with Crippen LogP contribution in [0.15, 0.2) is 16.3 Å². The minimum absolute atomic E-state index is 0.0525. The molecule has 104 valence electrons. The normalized spacial score (nSPS) is 15.9. The molecular weight excluding hydrogens is 296 g/mol. The summed E-state index contributed by atoms with van der Waals surface area (Å²) in [4.78, 5) is 1.79. The molecule has 0 fully saturated rings. The second-order valence-corrected chi connectivity index (χ2v) is 8.33. The lowest BCUT2D eigenvalue weighted by atomic mass is 10.1. The van der Waals surface area contributed by atoms with E-state index in [9.17, 15) is 13.5 Å². The van der Waals surface area contributed by atoms with Gasteiger partial charge in [0.25, 0.3) is 0 Å². The van der Waals surface area contributed by atoms with Gasteiger partial charge in [-0.1, -0.05) is 11.6 Å². The summed E-state index contributed by atoms with van der Waals surface area (Å²) in [5.41, 5.74) is -1.13. The Bertz CT molecular complexity index is 497. The first-order valence-electron chi connectivity index (χ1n) is 5.24. The third kappa shape index (κ3) is 4.83. The van der Waals surface area contributed by atoms with Gasteiger partial charge in [-0.05, 0) is 33.2 Å². The number of likely N-dealkylation sites (N-methyl/N-ethyl adjacent to an activating group) is 1. The zero-order valence-corrected chi connectivity index (χ0v) is 12.9. The van der Waals surface area contributed by atoms with Crippen molar-refractivity contribution in [2.75, 3.05) is 27.2 Å². The summed E-state index contributed by atoms with van der Waals surface area (Å²) in [7, 11) is 0.0122. The SMILES string of the molecule is CN(C)CC(C)(O)CNS(=O)(=O)c1ccc(Cl)s1. The summed E-state index contributed by atoms with van der Waals surface area (Å²) < 4.78 is 26.7. The zero-order valence-electron chi connectivity index (χ0n) is 10.5. The van der Waals surface area contributed by atoms with Gasteiger partial charge >= 0.3 is 0 Å². The summed E-state index contributed by atoms with van der Waals surface area (Å²) in [6.45, 7) is 1.89. The first-order chi connectivity index (χ1) is 8.12. The van der Waals surface area contributed by atoms with Gasteiger partial charge in [0.05, 0.1) is 9.94 Å². The maximum absolute atomic E-state index is 11.9. The Morgan fingerprint density at radius 1 is 1.50 bits per heavy atom. The van der Waals surface area contributed by atoms with Crippen LogP contribution in [0.1, 0.15) is 6.92 Å². The van der Waals surface area contributed by atoms with Crippen molar-refractivity contribution in [3.05, 3.63) is 16.5 Å². The largest absolute Gasteiger partial charge is 0.387 e. The molecule has 0 saturated carbocycles. The van der Waals surface area contributed by atoms with Crippen LogP contribution in [-0.2, 0) is 10.0 Å². The molecule has 0 amide bonds. The van der Waals surface area contributed by atoms with Crippen molar-refractivity contribution >= 4 is 33.0 Å². The van der Waals surface area contributed by atoms with Gasteiger partial charge in [0.1, 0.15) is 4.21 Å². The van der Waals surface area contributed by atoms with Gasteiger partial charge in [0, 0.05) is 13.1 Å². The standard InChI is InChI=1S/C10H17ClN2O3S2/c1-10(14,7-13(2)3)6-12-18(15,16)9-5-4-8(11)17-9/h4-5,12,14H,6-7H2,1-3H3. The van der Waals surface area contributed by atoms with Gasteiger partial charge in [-0.2, -0.15) is 0 Å². The van der Waals surface area contributed by atoms with E-state index in [1.807, 2.05) is 14.1 Å². The molecule has 0 aliphatic rings. The highest BCUT2D eigenvalue weighted by Crippen LogP contribution is 2.25. The number of rotatable bonds is 6. The van der Waals surface area contributed by atoms with Gasteiger partial charge < -0.3 is 10.0 Å². The lowest BCUT2D eigenvalue weighted by Crippen LogP contribution is -2.46. The number of hydrogen-bond donors (Lipinski definition) is 2. The number of sulfonamides is 1. The third-order valence-corrected chi connectivity index (χ3v) is 5.24. The number of aliphatic hydroxyl groups is 1. The lowest BCUT2D eigenvalue weighted by Gasteiger charge is -2.26. The molecule has 0 aliphatic heterocycles. The van der Waals surface area contributed by atoms with Crippen LogP contribution < -0.4 is 4.72 Å². The van der Waals surface area contributed by atoms with E-state index in [2.05, 4.69) is 4.72 Å². The van der Waals surface area contributed by atoms with Gasteiger partial charge in [0.2, 0.25) is 10.0 Å². The van der Waals surface area contributed by atoms with E-state index in [0.29, 0.717) is 10.9 Å². The minimum atomic E-state index is -3.60. The maximum Gasteiger partial charge on any atom is 0.250 e. The highest BCUT2D eigenvalue weighted by Gasteiger charge is 2.25. The number of nitrogens with one attached hydrogen (secondary N) is 1. The molecule has 0 aliphatic carbocycles. The second-order valence-electron chi connectivity index (χ2n) is 4.62. The Balaban J connectivity index is 2.68. The number of halogens is 1. The van der Waals surface area contributed by atoms with Gasteiger partial charge in [-0.3, -0.25) is 0 Å². The van der Waals surface area contributed by atoms with Crippen LogP contribution in [0.2, 0.25) is 4.34 Å². The van der Waals surface area contributed by atoms with Crippen LogP contribution >= 0.6 is 22.9 Å². The molecule has 1 heterocycles. The average molecular weight is 313 g/mol. The van der Waals surface area contributed by atoms with Crippen molar-refractivity contribution in [1.29, 1.82) is 0 Å². The number of thiophene rings is 1. The molecule has 8 heteroatoms. The van der Waals surface area contributed by atoms with E-state index in [4.69, 9.17) is 11.6 Å². The van der Waals surface area contributed by atoms with Crippen molar-refractivity contribution in [2.45, 2.75) is 16.7 Å². The summed E-state index contributed by atoms with van der Waals surface area (Å²) >= 11 is 6.68. The van der Waals surface area contributed by atoms with Crippen LogP contribution in [-0.4, -0.2) is 51.2 Å². The molecule has 5 nitrogen and oxygen atoms in total. The molecular formula is C10H17ClN2O3S2. The average Bonchev–Trinajstić information content (AvgIpc) is 2.61. The molecule has 18 heavy (non-hydrogen) atoms. The molecule has 0 spiro atoms. The van der Waals surface area contributed by atoms with E-state index < -0.39 is 15.6 Å². The van der Waals surface area contributed by atoms with E-state index >= 15 is 0 Å². The van der Waals surface area contributed by atoms with Gasteiger partial charge in [0.15, 0.2) is 0 Å². The van der Waals surface area contributed by atoms with Crippen molar-refractivity contribution in [2.24, 2.45) is 0 Å². The Morgan fingerprint density at radius 3 is 2.56 bits per heavy atom. The second kappa shape index (κ2) is 5.85. The third-order valence-electron chi connectivity index (χ3n) is 2.11. The van der Waals surface area contributed by atoms with Gasteiger partial charge in [-0.15, -0.1) is 11.3 Å². The Hall–Kier alpha value is -0.180. The topological polar surface area (TPSA) is 69.6 Å². The van der Waals surface area contributed by atoms with Crippen LogP contribution in [0, 0.1) is 0 Å². The van der Waals surface area contributed by atoms with Crippen molar-refractivity contribution < 1.29 is 13.5 Å². The van der Waals surface area contributed by atoms with E-state index in [0.717, 1.165) is 11.3 Å². The molecule has 0 saturated heterocycles. The predicted octanol–water partition coefficient (Wildman–Crippen LogP) is 0.992. The predicted molar refractivity (Wildman–Crippen MR) is 73.7 cm³/mol. The quantitative estimate of drug-likeness (QED) is 0.822. The summed E-state index contributed by atoms with van der Waals surface area (Å²) in [6, 6.07) is 2.97. The van der Waals surface area contributed by atoms with E-state index in [-0.39, 0.29) is 10.8 Å². The minimum Gasteiger partial charge on any atom is -0.387 e. The molecule has 1 aromatic rings. The van der Waals surface area contributed by atoms with Gasteiger partial charge in [-0.25, -0.2) is 13.1 Å². The van der Waals surface area contributed by atoms with Crippen LogP contribution in [0.5, 0.6) is 0 Å². The van der Waals surface area contributed by atoms with Crippen LogP contribution in [0.4, 0.5) is 0 Å². The highest BCUT2D eigenvalue weighted by atomic mass is 35.5. The fourth-order valence-electron chi connectivity index (χ4n) is 1.50. The van der Waals surface area contributed by atoms with Crippen molar-refractivity contribution in [3.8, 4) is 0 Å². The summed E-state index contributed by atoms with van der Waals surface area (Å²) in [5.74, 6) is 0. The fourth-order valence-corrected chi connectivity index (χ4v) is 4.19. The number of nitrogens with zero attached hydrogens (tertiary/aromatic N) is 1. The highest BCUT2D eigenvalue weighted by molar-refractivity contribution is 7.91. The Labute approximate surface area is 116 Å². The van der Waals surface area contributed by atoms with E-state index in [1.54, 1.807) is 11.8 Å². The molecule has 0 aromatic carbocycles. The molecule has 2 N–H and O–H groups in total. The maximum atomic E-state index is 11.9. The summed E-state index contributed by atoms with van der Waals surface area (Å²) in [5, 5.41) is 10.0. The molecule has 0 bridgehead atoms. The summed E-state index contributed by atoms with van der Waals surface area (Å²) in [6.07, 6.45) is 0. The van der Waals surface area contributed by atoms with Crippen LogP contribution in [0.3, 0.4) is 0 Å². The van der Waals surface area contributed by atoms with E-state index in [1.165, 1.54) is 12.1 Å². The van der Waals surface area contributed by atoms with Crippen LogP contribution in [0.25, 0.3) is 0 Å². The monoisotopic (exact) mass is 312 g/mol.